The third kappa shape index (κ3) is 6.92. The van der Waals surface area contributed by atoms with E-state index >= 15 is 0 Å². The predicted octanol–water partition coefficient (Wildman–Crippen LogP) is 7.15. The van der Waals surface area contributed by atoms with Gasteiger partial charge in [-0.2, -0.15) is 0 Å². The number of carboxylic acid groups (broad SMARTS) is 1. The molecule has 0 spiro atoms. The number of ether oxygens (including phenoxy) is 2. The van der Waals surface area contributed by atoms with E-state index in [0.29, 0.717) is 19.6 Å². The second-order valence-corrected chi connectivity index (χ2v) is 11.0. The first kappa shape index (κ1) is 29.6. The van der Waals surface area contributed by atoms with E-state index in [1.165, 1.54) is 38.9 Å². The molecule has 4 aromatic carbocycles. The number of likely N-dealkylation sites (N-methyl/N-ethyl adjacent to an activating group) is 1. The highest BCUT2D eigenvalue weighted by molar-refractivity contribution is 5.72. The Balaban J connectivity index is 1.32. The summed E-state index contributed by atoms with van der Waals surface area (Å²) < 4.78 is 11.5. The van der Waals surface area contributed by atoms with Gasteiger partial charge in [-0.1, -0.05) is 85.8 Å². The minimum atomic E-state index is -0.941. The molecule has 4 aromatic rings. The second kappa shape index (κ2) is 13.8. The number of hydrogen-bond acceptors (Lipinski definition) is 4. The molecular formula is C37H41NO4. The summed E-state index contributed by atoms with van der Waals surface area (Å²) in [6.45, 7) is 5.70. The first-order chi connectivity index (χ1) is 20.5. The van der Waals surface area contributed by atoms with E-state index in [2.05, 4.69) is 85.6 Å². The second-order valence-electron chi connectivity index (χ2n) is 11.0. The van der Waals surface area contributed by atoms with Crippen molar-refractivity contribution < 1.29 is 19.4 Å². The maximum absolute atomic E-state index is 11.4. The Labute approximate surface area is 249 Å². The molecule has 0 amide bonds. The molecule has 0 aromatic heterocycles. The number of benzene rings is 4. The third-order valence-corrected chi connectivity index (χ3v) is 8.26. The van der Waals surface area contributed by atoms with Crippen LogP contribution in [0.5, 0.6) is 5.75 Å². The van der Waals surface area contributed by atoms with E-state index in [1.54, 1.807) is 6.92 Å². The Morgan fingerprint density at radius 1 is 0.857 bits per heavy atom. The molecule has 0 bridgehead atoms. The lowest BCUT2D eigenvalue weighted by atomic mass is 9.90. The molecule has 1 aliphatic rings. The number of aliphatic carboxylic acids is 1. The molecule has 0 radical (unpaired) electrons. The van der Waals surface area contributed by atoms with Crippen LogP contribution in [0, 0.1) is 0 Å². The van der Waals surface area contributed by atoms with Crippen LogP contribution in [0.3, 0.4) is 0 Å². The lowest BCUT2D eigenvalue weighted by Gasteiger charge is -2.31. The SMILES string of the molecule is CCOC(Cc1ccc(OCCN(C)C2c3ccc(CC)cc3CCc3cc(-c4ccccc4)ccc32)cc1)C(=O)O. The fourth-order valence-electron chi connectivity index (χ4n) is 5.96. The summed E-state index contributed by atoms with van der Waals surface area (Å²) >= 11 is 0. The Morgan fingerprint density at radius 3 is 2.19 bits per heavy atom. The van der Waals surface area contributed by atoms with E-state index in [0.717, 1.165) is 37.1 Å². The highest BCUT2D eigenvalue weighted by atomic mass is 16.5. The molecule has 0 aliphatic heterocycles. The van der Waals surface area contributed by atoms with Crippen LogP contribution in [0.2, 0.25) is 0 Å². The number of aryl methyl sites for hydroxylation is 3. The molecule has 1 N–H and O–H groups in total. The van der Waals surface area contributed by atoms with Crippen molar-refractivity contribution >= 4 is 5.97 Å². The molecule has 218 valence electrons. The number of rotatable bonds is 12. The van der Waals surface area contributed by atoms with Gasteiger partial charge in [0.15, 0.2) is 6.10 Å². The third-order valence-electron chi connectivity index (χ3n) is 8.26. The van der Waals surface area contributed by atoms with Crippen LogP contribution in [0.15, 0.2) is 91.0 Å². The zero-order valence-electron chi connectivity index (χ0n) is 24.9. The van der Waals surface area contributed by atoms with E-state index in [4.69, 9.17) is 9.47 Å². The Bertz CT molecular complexity index is 1480. The van der Waals surface area contributed by atoms with Gasteiger partial charge in [-0.05, 0) is 89.9 Å². The highest BCUT2D eigenvalue weighted by Crippen LogP contribution is 2.38. The summed E-state index contributed by atoms with van der Waals surface area (Å²) in [6, 6.07) is 32.4. The van der Waals surface area contributed by atoms with Crippen LogP contribution in [-0.4, -0.2) is 48.9 Å². The number of carboxylic acids is 1. The molecule has 2 atom stereocenters. The average molecular weight is 564 g/mol. The van der Waals surface area contributed by atoms with Crippen LogP contribution < -0.4 is 4.74 Å². The maximum Gasteiger partial charge on any atom is 0.333 e. The van der Waals surface area contributed by atoms with Gasteiger partial charge in [0.1, 0.15) is 12.4 Å². The molecule has 5 heteroatoms. The summed E-state index contributed by atoms with van der Waals surface area (Å²) in [7, 11) is 2.19. The quantitative estimate of drug-likeness (QED) is 0.198. The topological polar surface area (TPSA) is 59.0 Å². The minimum absolute atomic E-state index is 0.144. The van der Waals surface area contributed by atoms with Crippen molar-refractivity contribution in [2.45, 2.75) is 51.7 Å². The van der Waals surface area contributed by atoms with Crippen LogP contribution in [0.25, 0.3) is 11.1 Å². The minimum Gasteiger partial charge on any atom is -0.492 e. The summed E-state index contributed by atoms with van der Waals surface area (Å²) in [5.41, 5.74) is 10.4. The normalized spacial score (nSPS) is 15.0. The van der Waals surface area contributed by atoms with E-state index in [1.807, 2.05) is 24.3 Å². The van der Waals surface area contributed by atoms with Crippen LogP contribution in [0.4, 0.5) is 0 Å². The predicted molar refractivity (Wildman–Crippen MR) is 168 cm³/mol. The largest absolute Gasteiger partial charge is 0.492 e. The molecule has 0 fully saturated rings. The van der Waals surface area contributed by atoms with Crippen molar-refractivity contribution in [2.24, 2.45) is 0 Å². The Hall–Kier alpha value is -3.93. The molecule has 5 nitrogen and oxygen atoms in total. The van der Waals surface area contributed by atoms with Gasteiger partial charge in [0.25, 0.3) is 0 Å². The van der Waals surface area contributed by atoms with Gasteiger partial charge in [0.2, 0.25) is 0 Å². The molecule has 42 heavy (non-hydrogen) atoms. The van der Waals surface area contributed by atoms with Gasteiger partial charge in [-0.25, -0.2) is 4.79 Å². The molecule has 0 saturated carbocycles. The first-order valence-corrected chi connectivity index (χ1v) is 15.0. The fourth-order valence-corrected chi connectivity index (χ4v) is 5.96. The van der Waals surface area contributed by atoms with Crippen molar-refractivity contribution in [2.75, 3.05) is 26.8 Å². The standard InChI is InChI=1S/C37H41NO4/c1-4-26-13-19-33-30(23-26)14-15-31-25-29(28-9-7-6-8-10-28)16-20-34(31)36(33)38(3)21-22-42-32-17-11-27(12-18-32)24-35(37(39)40)41-5-2/h6-13,16-20,23,25,35-36H,4-5,14-15,21-22,24H2,1-3H3,(H,39,40). The summed E-state index contributed by atoms with van der Waals surface area (Å²) in [6.07, 6.45) is 2.59. The van der Waals surface area contributed by atoms with Crippen molar-refractivity contribution in [3.8, 4) is 16.9 Å². The zero-order valence-corrected chi connectivity index (χ0v) is 24.9. The van der Waals surface area contributed by atoms with Gasteiger partial charge in [0, 0.05) is 19.6 Å². The molecule has 0 heterocycles. The maximum atomic E-state index is 11.4. The van der Waals surface area contributed by atoms with E-state index < -0.39 is 12.1 Å². The lowest BCUT2D eigenvalue weighted by Crippen LogP contribution is -2.30. The first-order valence-electron chi connectivity index (χ1n) is 15.0. The lowest BCUT2D eigenvalue weighted by molar-refractivity contribution is -0.149. The monoisotopic (exact) mass is 563 g/mol. The molecule has 2 unspecified atom stereocenters. The van der Waals surface area contributed by atoms with Crippen LogP contribution in [-0.2, 0) is 35.2 Å². The highest BCUT2D eigenvalue weighted by Gasteiger charge is 2.27. The van der Waals surface area contributed by atoms with Crippen molar-refractivity contribution in [3.63, 3.8) is 0 Å². The Kier molecular flexibility index (Phi) is 9.73. The number of carbonyl (C=O) groups is 1. The molecule has 1 aliphatic carbocycles. The van der Waals surface area contributed by atoms with Crippen LogP contribution >= 0.6 is 0 Å². The smallest absolute Gasteiger partial charge is 0.333 e. The van der Waals surface area contributed by atoms with Crippen molar-refractivity contribution in [3.05, 3.63) is 124 Å². The van der Waals surface area contributed by atoms with Gasteiger partial charge in [0.05, 0.1) is 6.04 Å². The van der Waals surface area contributed by atoms with E-state index in [9.17, 15) is 9.90 Å². The molecular weight excluding hydrogens is 522 g/mol. The summed E-state index contributed by atoms with van der Waals surface area (Å²) in [5.74, 6) is -0.165. The van der Waals surface area contributed by atoms with Gasteiger partial charge >= 0.3 is 5.97 Å². The summed E-state index contributed by atoms with van der Waals surface area (Å²) in [5, 5.41) is 9.37. The Morgan fingerprint density at radius 2 is 1.52 bits per heavy atom. The average Bonchev–Trinajstić information content (AvgIpc) is 3.18. The number of fused-ring (bicyclic) bond motifs is 2. The van der Waals surface area contributed by atoms with Crippen molar-refractivity contribution in [1.82, 2.24) is 4.90 Å². The van der Waals surface area contributed by atoms with Gasteiger partial charge in [-0.15, -0.1) is 0 Å². The number of hydrogen-bond donors (Lipinski definition) is 1. The van der Waals surface area contributed by atoms with Crippen molar-refractivity contribution in [1.29, 1.82) is 0 Å². The molecule has 0 saturated heterocycles. The van der Waals surface area contributed by atoms with Gasteiger partial charge < -0.3 is 14.6 Å². The molecule has 5 rings (SSSR count). The van der Waals surface area contributed by atoms with Gasteiger partial charge in [-0.3, -0.25) is 4.90 Å². The van der Waals surface area contributed by atoms with E-state index in [-0.39, 0.29) is 6.04 Å². The zero-order chi connectivity index (χ0) is 29.5. The number of nitrogens with zero attached hydrogens (tertiary/aromatic N) is 1. The fraction of sp³-hybridized carbons (Fsp3) is 0.324. The summed E-state index contributed by atoms with van der Waals surface area (Å²) in [4.78, 5) is 13.8. The van der Waals surface area contributed by atoms with Crippen LogP contribution in [0.1, 0.15) is 53.3 Å².